The second-order valence-corrected chi connectivity index (χ2v) is 4.42. The molecule has 0 spiro atoms. The molecule has 0 fully saturated rings. The van der Waals surface area contributed by atoms with Gasteiger partial charge in [-0.25, -0.2) is 0 Å². The molecule has 1 heterocycles. The fourth-order valence-electron chi connectivity index (χ4n) is 0.942. The summed E-state index contributed by atoms with van der Waals surface area (Å²) in [6.07, 6.45) is 0.821. The minimum absolute atomic E-state index is 0.0713. The zero-order valence-corrected chi connectivity index (χ0v) is 9.45. The van der Waals surface area contributed by atoms with E-state index in [1.807, 2.05) is 0 Å². The number of thiophene rings is 1. The monoisotopic (exact) mass is 233 g/mol. The quantitative estimate of drug-likeness (QED) is 0.792. The highest BCUT2D eigenvalue weighted by atomic mass is 35.5. The summed E-state index contributed by atoms with van der Waals surface area (Å²) in [4.78, 5) is 12.1. The molecule has 0 aromatic carbocycles. The Bertz CT molecular complexity index is 301. The van der Waals surface area contributed by atoms with E-state index in [-0.39, 0.29) is 5.91 Å². The maximum atomic E-state index is 11.4. The van der Waals surface area contributed by atoms with Gasteiger partial charge in [-0.2, -0.15) is 0 Å². The van der Waals surface area contributed by atoms with Crippen molar-refractivity contribution in [3.05, 3.63) is 21.3 Å². The number of hydrogen-bond acceptors (Lipinski definition) is 3. The van der Waals surface area contributed by atoms with Crippen LogP contribution in [0, 0.1) is 0 Å². The molecule has 1 rings (SSSR count). The number of carbonyl (C=O) groups is 1. The average Bonchev–Trinajstić information content (AvgIpc) is 2.59. The van der Waals surface area contributed by atoms with Gasteiger partial charge in [-0.3, -0.25) is 4.79 Å². The van der Waals surface area contributed by atoms with Gasteiger partial charge in [0.2, 0.25) is 0 Å². The van der Waals surface area contributed by atoms with Crippen LogP contribution in [-0.2, 0) is 4.74 Å². The molecular weight excluding hydrogens is 222 g/mol. The van der Waals surface area contributed by atoms with Crippen molar-refractivity contribution in [3.63, 3.8) is 0 Å². The number of nitrogens with one attached hydrogen (secondary N) is 1. The molecule has 0 aliphatic heterocycles. The van der Waals surface area contributed by atoms with E-state index in [1.165, 1.54) is 11.3 Å². The second kappa shape index (κ2) is 6.01. The Morgan fingerprint density at radius 2 is 2.43 bits per heavy atom. The van der Waals surface area contributed by atoms with Crippen LogP contribution in [0.15, 0.2) is 12.1 Å². The number of rotatable bonds is 5. The maximum absolute atomic E-state index is 11.4. The van der Waals surface area contributed by atoms with E-state index in [2.05, 4.69) is 5.32 Å². The second-order valence-electron chi connectivity index (χ2n) is 2.71. The first-order valence-corrected chi connectivity index (χ1v) is 5.46. The van der Waals surface area contributed by atoms with Crippen molar-refractivity contribution in [3.8, 4) is 0 Å². The summed E-state index contributed by atoms with van der Waals surface area (Å²) in [5, 5.41) is 2.78. The molecule has 0 radical (unpaired) electrons. The number of hydrogen-bond donors (Lipinski definition) is 1. The highest BCUT2D eigenvalue weighted by molar-refractivity contribution is 7.17. The van der Waals surface area contributed by atoms with Gasteiger partial charge in [0.25, 0.3) is 5.91 Å². The zero-order valence-electron chi connectivity index (χ0n) is 7.88. The molecule has 0 saturated carbocycles. The first kappa shape index (κ1) is 11.5. The minimum atomic E-state index is -0.0713. The Labute approximate surface area is 92.0 Å². The first-order chi connectivity index (χ1) is 6.74. The number of carbonyl (C=O) groups excluding carboxylic acids is 1. The van der Waals surface area contributed by atoms with Crippen LogP contribution in [0.3, 0.4) is 0 Å². The predicted molar refractivity (Wildman–Crippen MR) is 58.2 cm³/mol. The first-order valence-electron chi connectivity index (χ1n) is 4.26. The molecule has 3 nitrogen and oxygen atoms in total. The third-order valence-electron chi connectivity index (χ3n) is 1.61. The molecule has 1 amide bonds. The van der Waals surface area contributed by atoms with Gasteiger partial charge < -0.3 is 10.1 Å². The van der Waals surface area contributed by atoms with Gasteiger partial charge in [-0.15, -0.1) is 11.3 Å². The lowest BCUT2D eigenvalue weighted by Crippen LogP contribution is -2.24. The molecule has 1 aromatic heterocycles. The van der Waals surface area contributed by atoms with E-state index in [0.717, 1.165) is 6.42 Å². The van der Waals surface area contributed by atoms with Crippen molar-refractivity contribution < 1.29 is 9.53 Å². The fourth-order valence-corrected chi connectivity index (χ4v) is 1.90. The Morgan fingerprint density at radius 1 is 1.64 bits per heavy atom. The summed E-state index contributed by atoms with van der Waals surface area (Å²) in [5.41, 5.74) is 0. The Morgan fingerprint density at radius 3 is 3.00 bits per heavy atom. The largest absolute Gasteiger partial charge is 0.385 e. The van der Waals surface area contributed by atoms with Crippen molar-refractivity contribution in [1.82, 2.24) is 5.32 Å². The standard InChI is InChI=1S/C9H12ClNO2S/c1-13-6-2-5-11-9(12)7-3-4-8(10)14-7/h3-4H,2,5-6H2,1H3,(H,11,12). The third-order valence-corrected chi connectivity index (χ3v) is 2.84. The van der Waals surface area contributed by atoms with Crippen LogP contribution < -0.4 is 5.32 Å². The van der Waals surface area contributed by atoms with Gasteiger partial charge in [-0.05, 0) is 18.6 Å². The molecule has 0 aliphatic carbocycles. The number of ether oxygens (including phenoxy) is 1. The van der Waals surface area contributed by atoms with Gasteiger partial charge in [0.1, 0.15) is 0 Å². The molecule has 0 unspecified atom stereocenters. The molecular formula is C9H12ClNO2S. The van der Waals surface area contributed by atoms with E-state index >= 15 is 0 Å². The van der Waals surface area contributed by atoms with Crippen LogP contribution >= 0.6 is 22.9 Å². The Hall–Kier alpha value is -0.580. The highest BCUT2D eigenvalue weighted by Gasteiger charge is 2.06. The average molecular weight is 234 g/mol. The van der Waals surface area contributed by atoms with Crippen molar-refractivity contribution in [2.75, 3.05) is 20.3 Å². The van der Waals surface area contributed by atoms with E-state index in [1.54, 1.807) is 19.2 Å². The number of methoxy groups -OCH3 is 1. The summed E-state index contributed by atoms with van der Waals surface area (Å²) in [6.45, 7) is 1.29. The Kier molecular flexibility index (Phi) is 4.93. The van der Waals surface area contributed by atoms with Crippen LogP contribution in [0.2, 0.25) is 4.34 Å². The normalized spacial score (nSPS) is 10.1. The minimum Gasteiger partial charge on any atom is -0.385 e. The van der Waals surface area contributed by atoms with Crippen LogP contribution in [0.25, 0.3) is 0 Å². The fraction of sp³-hybridized carbons (Fsp3) is 0.444. The van der Waals surface area contributed by atoms with Gasteiger partial charge >= 0.3 is 0 Å². The molecule has 0 bridgehead atoms. The lowest BCUT2D eigenvalue weighted by molar-refractivity contribution is 0.0952. The molecule has 78 valence electrons. The molecule has 1 aromatic rings. The lowest BCUT2D eigenvalue weighted by Gasteiger charge is -2.01. The van der Waals surface area contributed by atoms with Crippen molar-refractivity contribution in [1.29, 1.82) is 0 Å². The van der Waals surface area contributed by atoms with Gasteiger partial charge in [0, 0.05) is 20.3 Å². The van der Waals surface area contributed by atoms with E-state index < -0.39 is 0 Å². The maximum Gasteiger partial charge on any atom is 0.261 e. The van der Waals surface area contributed by atoms with Gasteiger partial charge in [0.05, 0.1) is 9.21 Å². The molecule has 0 aliphatic rings. The number of halogens is 1. The number of amides is 1. The molecule has 5 heteroatoms. The predicted octanol–water partition coefficient (Wildman–Crippen LogP) is 2.17. The van der Waals surface area contributed by atoms with Crippen molar-refractivity contribution in [2.45, 2.75) is 6.42 Å². The van der Waals surface area contributed by atoms with Crippen molar-refractivity contribution >= 4 is 28.8 Å². The van der Waals surface area contributed by atoms with E-state index in [0.29, 0.717) is 22.4 Å². The Balaban J connectivity index is 2.29. The van der Waals surface area contributed by atoms with Crippen LogP contribution in [0.4, 0.5) is 0 Å². The summed E-state index contributed by atoms with van der Waals surface area (Å²) in [7, 11) is 1.64. The lowest BCUT2D eigenvalue weighted by atomic mass is 10.4. The topological polar surface area (TPSA) is 38.3 Å². The van der Waals surface area contributed by atoms with E-state index in [4.69, 9.17) is 16.3 Å². The molecule has 0 saturated heterocycles. The van der Waals surface area contributed by atoms with Crippen LogP contribution in [0.5, 0.6) is 0 Å². The summed E-state index contributed by atoms with van der Waals surface area (Å²) < 4.78 is 5.50. The smallest absolute Gasteiger partial charge is 0.261 e. The molecule has 0 atom stereocenters. The van der Waals surface area contributed by atoms with E-state index in [9.17, 15) is 4.79 Å². The SMILES string of the molecule is COCCCNC(=O)c1ccc(Cl)s1. The molecule has 14 heavy (non-hydrogen) atoms. The van der Waals surface area contributed by atoms with Crippen LogP contribution in [0.1, 0.15) is 16.1 Å². The third kappa shape index (κ3) is 3.65. The van der Waals surface area contributed by atoms with Gasteiger partial charge in [0.15, 0.2) is 0 Å². The summed E-state index contributed by atoms with van der Waals surface area (Å²) >= 11 is 6.99. The highest BCUT2D eigenvalue weighted by Crippen LogP contribution is 2.20. The van der Waals surface area contributed by atoms with Crippen LogP contribution in [-0.4, -0.2) is 26.2 Å². The summed E-state index contributed by atoms with van der Waals surface area (Å²) in [5.74, 6) is -0.0713. The zero-order chi connectivity index (χ0) is 10.4. The molecule has 1 N–H and O–H groups in total. The van der Waals surface area contributed by atoms with Crippen molar-refractivity contribution in [2.24, 2.45) is 0 Å². The summed E-state index contributed by atoms with van der Waals surface area (Å²) in [6, 6.07) is 3.44. The van der Waals surface area contributed by atoms with Gasteiger partial charge in [-0.1, -0.05) is 11.6 Å².